The predicted molar refractivity (Wildman–Crippen MR) is 150 cm³/mol. The molecular formula is C31H26ClN3O2. The van der Waals surface area contributed by atoms with Crippen molar-refractivity contribution >= 4 is 51.3 Å². The van der Waals surface area contributed by atoms with Gasteiger partial charge >= 0.3 is 0 Å². The van der Waals surface area contributed by atoms with Crippen LogP contribution in [0.15, 0.2) is 83.9 Å². The summed E-state index contributed by atoms with van der Waals surface area (Å²) in [7, 11) is 1.79. The summed E-state index contributed by atoms with van der Waals surface area (Å²) < 4.78 is 0. The van der Waals surface area contributed by atoms with Crippen LogP contribution in [0.3, 0.4) is 0 Å². The Morgan fingerprint density at radius 3 is 2.54 bits per heavy atom. The van der Waals surface area contributed by atoms with Crippen LogP contribution < -0.4 is 9.80 Å². The lowest BCUT2D eigenvalue weighted by Crippen LogP contribution is -2.38. The minimum atomic E-state index is -0.602. The molecule has 0 bridgehead atoms. The van der Waals surface area contributed by atoms with E-state index in [0.717, 1.165) is 44.4 Å². The van der Waals surface area contributed by atoms with Crippen molar-refractivity contribution in [2.75, 3.05) is 23.4 Å². The fourth-order valence-electron chi connectivity index (χ4n) is 5.38. The van der Waals surface area contributed by atoms with Gasteiger partial charge in [0.15, 0.2) is 0 Å². The number of nitrogens with zero attached hydrogens (tertiary/aromatic N) is 3. The summed E-state index contributed by atoms with van der Waals surface area (Å²) >= 11 is 6.46. The molecule has 0 aliphatic carbocycles. The second kappa shape index (κ2) is 9.16. The van der Waals surface area contributed by atoms with Crippen LogP contribution in [0.4, 0.5) is 11.4 Å². The Balaban J connectivity index is 1.50. The lowest BCUT2D eigenvalue weighted by atomic mass is 9.98. The number of fused-ring (bicyclic) bond motifs is 3. The highest BCUT2D eigenvalue weighted by Gasteiger charge is 2.32. The molecule has 0 N–H and O–H groups in total. The van der Waals surface area contributed by atoms with Crippen LogP contribution >= 0.6 is 11.6 Å². The quantitative estimate of drug-likeness (QED) is 0.349. The Morgan fingerprint density at radius 1 is 0.919 bits per heavy atom. The summed E-state index contributed by atoms with van der Waals surface area (Å²) in [4.78, 5) is 34.8. The number of hydrogen-bond acceptors (Lipinski definition) is 3. The minimum Gasteiger partial charge on any atom is -0.315 e. The minimum absolute atomic E-state index is 0.0392. The van der Waals surface area contributed by atoms with E-state index in [2.05, 4.69) is 30.3 Å². The molecule has 4 aromatic carbocycles. The highest BCUT2D eigenvalue weighted by atomic mass is 35.5. The van der Waals surface area contributed by atoms with Gasteiger partial charge < -0.3 is 9.80 Å². The molecule has 1 atom stereocenters. The molecule has 2 heterocycles. The third-order valence-corrected chi connectivity index (χ3v) is 7.57. The Bertz CT molecular complexity index is 1610. The maximum Gasteiger partial charge on any atom is 0.252 e. The van der Waals surface area contributed by atoms with Crippen LogP contribution in [-0.4, -0.2) is 37.2 Å². The molecule has 0 spiro atoms. The Hall–Kier alpha value is -3.96. The molecular weight excluding hydrogens is 482 g/mol. The number of anilines is 2. The van der Waals surface area contributed by atoms with E-state index in [9.17, 15) is 9.59 Å². The first-order chi connectivity index (χ1) is 17.9. The maximum absolute atomic E-state index is 13.9. The average Bonchev–Trinajstić information content (AvgIpc) is 3.13. The third-order valence-electron chi connectivity index (χ3n) is 7.34. The summed E-state index contributed by atoms with van der Waals surface area (Å²) in [6, 6.07) is 25.5. The number of hydrogen-bond donors (Lipinski definition) is 0. The van der Waals surface area contributed by atoms with E-state index in [1.54, 1.807) is 16.8 Å². The largest absolute Gasteiger partial charge is 0.315 e. The standard InChI is InChI=1S/C31H26ClN3O2/c1-3-35-27-13-12-24(32)18-25(27)30(23-11-10-22-17-29(36)34(2)28(22)16-23)33-26(31(35)37)15-19-8-9-20-6-4-5-7-21(20)14-19/h4-14,16,18,26H,3,15,17H2,1-2H3. The molecule has 0 radical (unpaired) electrons. The van der Waals surface area contributed by atoms with Crippen LogP contribution in [-0.2, 0) is 22.4 Å². The Labute approximate surface area is 221 Å². The molecule has 6 rings (SSSR count). The van der Waals surface area contributed by atoms with Crippen LogP contribution in [0, 0.1) is 0 Å². The molecule has 37 heavy (non-hydrogen) atoms. The first-order valence-electron chi connectivity index (χ1n) is 12.5. The van der Waals surface area contributed by atoms with Crippen LogP contribution in [0.1, 0.15) is 29.2 Å². The van der Waals surface area contributed by atoms with Crippen molar-refractivity contribution in [3.63, 3.8) is 0 Å². The van der Waals surface area contributed by atoms with Crippen molar-refractivity contribution < 1.29 is 9.59 Å². The Morgan fingerprint density at radius 2 is 1.73 bits per heavy atom. The van der Waals surface area contributed by atoms with Gasteiger partial charge in [-0.15, -0.1) is 0 Å². The van der Waals surface area contributed by atoms with Crippen molar-refractivity contribution in [3.05, 3.63) is 106 Å². The number of amides is 2. The van der Waals surface area contributed by atoms with Gasteiger partial charge in [0.2, 0.25) is 5.91 Å². The number of carbonyl (C=O) groups is 2. The zero-order valence-electron chi connectivity index (χ0n) is 20.7. The highest BCUT2D eigenvalue weighted by molar-refractivity contribution is 6.32. The van der Waals surface area contributed by atoms with E-state index >= 15 is 0 Å². The zero-order chi connectivity index (χ0) is 25.7. The van der Waals surface area contributed by atoms with Crippen LogP contribution in [0.2, 0.25) is 5.02 Å². The lowest BCUT2D eigenvalue weighted by molar-refractivity contribution is -0.119. The molecule has 4 aromatic rings. The van der Waals surface area contributed by atoms with Crippen molar-refractivity contribution in [1.29, 1.82) is 0 Å². The summed E-state index contributed by atoms with van der Waals surface area (Å²) in [5.41, 5.74) is 6.11. The summed E-state index contributed by atoms with van der Waals surface area (Å²) in [5, 5.41) is 2.88. The monoisotopic (exact) mass is 507 g/mol. The number of halogens is 1. The van der Waals surface area contributed by atoms with E-state index in [1.807, 2.05) is 55.5 Å². The molecule has 2 aliphatic rings. The van der Waals surface area contributed by atoms with Gasteiger partial charge in [-0.1, -0.05) is 66.2 Å². The first-order valence-corrected chi connectivity index (χ1v) is 12.9. The summed E-state index contributed by atoms with van der Waals surface area (Å²) in [6.45, 7) is 2.50. The second-order valence-electron chi connectivity index (χ2n) is 9.60. The SMILES string of the molecule is CCN1C(=O)C(Cc2ccc3ccccc3c2)N=C(c2ccc3c(c2)N(C)C(=O)C3)c2cc(Cl)ccc21. The summed E-state index contributed by atoms with van der Waals surface area (Å²) in [5.74, 6) is 0.0302. The van der Waals surface area contributed by atoms with Crippen molar-refractivity contribution in [2.45, 2.75) is 25.8 Å². The molecule has 5 nitrogen and oxygen atoms in total. The molecule has 0 fully saturated rings. The fraction of sp³-hybridized carbons (Fsp3) is 0.194. The average molecular weight is 508 g/mol. The smallest absolute Gasteiger partial charge is 0.252 e. The molecule has 1 unspecified atom stereocenters. The number of benzodiazepines with no additional fused rings is 1. The zero-order valence-corrected chi connectivity index (χ0v) is 21.5. The molecule has 6 heteroatoms. The number of rotatable bonds is 4. The van der Waals surface area contributed by atoms with Gasteiger partial charge in [-0.2, -0.15) is 0 Å². The number of likely N-dealkylation sites (N-methyl/N-ethyl adjacent to an activating group) is 2. The molecule has 184 valence electrons. The van der Waals surface area contributed by atoms with E-state index < -0.39 is 6.04 Å². The predicted octanol–water partition coefficient (Wildman–Crippen LogP) is 5.83. The van der Waals surface area contributed by atoms with Gasteiger partial charge in [-0.05, 0) is 53.1 Å². The number of carbonyl (C=O) groups excluding carboxylic acids is 2. The van der Waals surface area contributed by atoms with Gasteiger partial charge in [0.05, 0.1) is 17.8 Å². The van der Waals surface area contributed by atoms with Crippen molar-refractivity contribution in [1.82, 2.24) is 0 Å². The van der Waals surface area contributed by atoms with Gasteiger partial charge in [-0.3, -0.25) is 14.6 Å². The molecule has 2 amide bonds. The topological polar surface area (TPSA) is 53.0 Å². The van der Waals surface area contributed by atoms with Gasteiger partial charge in [0.25, 0.3) is 5.91 Å². The van der Waals surface area contributed by atoms with Crippen LogP contribution in [0.25, 0.3) is 10.8 Å². The van der Waals surface area contributed by atoms with E-state index in [0.29, 0.717) is 30.1 Å². The summed E-state index contributed by atoms with van der Waals surface area (Å²) in [6.07, 6.45) is 0.877. The van der Waals surface area contributed by atoms with E-state index in [1.165, 1.54) is 0 Å². The molecule has 2 aliphatic heterocycles. The maximum atomic E-state index is 13.9. The number of aliphatic imine (C=N–C) groups is 1. The molecule has 0 saturated carbocycles. The Kier molecular flexibility index (Phi) is 5.81. The van der Waals surface area contributed by atoms with Gasteiger partial charge in [-0.25, -0.2) is 0 Å². The molecule has 0 aromatic heterocycles. The second-order valence-corrected chi connectivity index (χ2v) is 10.0. The number of benzene rings is 4. The van der Waals surface area contributed by atoms with Gasteiger partial charge in [0, 0.05) is 41.9 Å². The first kappa shape index (κ1) is 23.4. The van der Waals surface area contributed by atoms with Gasteiger partial charge in [0.1, 0.15) is 6.04 Å². The lowest BCUT2D eigenvalue weighted by Gasteiger charge is -2.24. The van der Waals surface area contributed by atoms with Crippen LogP contribution in [0.5, 0.6) is 0 Å². The molecule has 0 saturated heterocycles. The highest BCUT2D eigenvalue weighted by Crippen LogP contribution is 2.35. The third kappa shape index (κ3) is 4.09. The van der Waals surface area contributed by atoms with Crippen molar-refractivity contribution in [3.8, 4) is 0 Å². The van der Waals surface area contributed by atoms with E-state index in [4.69, 9.17) is 16.6 Å². The van der Waals surface area contributed by atoms with Crippen molar-refractivity contribution in [2.24, 2.45) is 4.99 Å². The fourth-order valence-corrected chi connectivity index (χ4v) is 5.55. The van der Waals surface area contributed by atoms with E-state index in [-0.39, 0.29) is 11.8 Å². The normalized spacial score (nSPS) is 17.1.